The van der Waals surface area contributed by atoms with Gasteiger partial charge in [-0.15, -0.1) is 0 Å². The summed E-state index contributed by atoms with van der Waals surface area (Å²) in [6, 6.07) is 13.6. The van der Waals surface area contributed by atoms with Crippen LogP contribution in [0, 0.1) is 5.92 Å². The van der Waals surface area contributed by atoms with Gasteiger partial charge >= 0.3 is 0 Å². The molecule has 1 aliphatic rings. The van der Waals surface area contributed by atoms with Crippen molar-refractivity contribution < 1.29 is 13.2 Å². The van der Waals surface area contributed by atoms with Gasteiger partial charge in [-0.25, -0.2) is 13.4 Å². The molecule has 1 amide bonds. The molecule has 1 fully saturated rings. The number of pyridine rings is 1. The van der Waals surface area contributed by atoms with E-state index in [1.54, 1.807) is 35.4 Å². The molecular weight excluding hydrogens is 500 g/mol. The molecule has 4 N–H and O–H groups in total. The minimum absolute atomic E-state index is 0.166. The van der Waals surface area contributed by atoms with E-state index in [1.807, 2.05) is 43.3 Å². The lowest BCUT2D eigenvalue weighted by atomic mass is 9.98. The normalized spacial score (nSPS) is 15.4. The van der Waals surface area contributed by atoms with E-state index >= 15 is 0 Å². The number of nitrogens with one attached hydrogen (secondary N) is 2. The van der Waals surface area contributed by atoms with E-state index in [0.717, 1.165) is 23.9 Å². The number of nitrogen functional groups attached to an aromatic ring is 1. The van der Waals surface area contributed by atoms with Gasteiger partial charge in [0.05, 0.1) is 16.8 Å². The number of piperidine rings is 1. The third kappa shape index (κ3) is 6.54. The van der Waals surface area contributed by atoms with Crippen LogP contribution >= 0.6 is 0 Å². The predicted octanol–water partition coefficient (Wildman–Crippen LogP) is 3.68. The number of aromatic nitrogens is 1. The molecule has 4 rings (SSSR count). The number of nitrogens with zero attached hydrogens (tertiary/aromatic N) is 3. The van der Waals surface area contributed by atoms with Crippen molar-refractivity contribution in [3.05, 3.63) is 54.7 Å². The van der Waals surface area contributed by atoms with Gasteiger partial charge < -0.3 is 20.9 Å². The van der Waals surface area contributed by atoms with E-state index in [1.165, 1.54) is 0 Å². The van der Waals surface area contributed by atoms with Crippen LogP contribution in [0.3, 0.4) is 0 Å². The van der Waals surface area contributed by atoms with Crippen molar-refractivity contribution in [3.63, 3.8) is 0 Å². The van der Waals surface area contributed by atoms with Crippen LogP contribution in [-0.2, 0) is 14.8 Å². The molecular formula is C28H38N6O3S. The highest BCUT2D eigenvalue weighted by atomic mass is 32.2. The number of hydrogen-bond donors (Lipinski definition) is 3. The maximum absolute atomic E-state index is 13.7. The molecule has 3 aromatic rings. The number of carbonyl (C=O) groups excluding carboxylic acids is 1. The van der Waals surface area contributed by atoms with Crippen molar-refractivity contribution >= 4 is 43.9 Å². The lowest BCUT2D eigenvalue weighted by molar-refractivity contribution is -0.134. The standard InChI is InChI=1S/C28H38N6O3S/c1-20-14-17-34(18-15-20)28(35)24(9-6-16-30-27-13-12-21(29)19-31-27)32-38(36,37)26-11-5-7-22-23(26)8-4-10-25(22)33(2)3/h4-5,7-8,10-13,19-20,24,32H,6,9,14-18,29H2,1-3H3,(H,30,31)/t24-/m0/s1. The first kappa shape index (κ1) is 27.7. The van der Waals surface area contributed by atoms with Crippen LogP contribution in [0.5, 0.6) is 0 Å². The summed E-state index contributed by atoms with van der Waals surface area (Å²) in [5.74, 6) is 1.08. The highest BCUT2D eigenvalue weighted by Gasteiger charge is 2.31. The fourth-order valence-corrected chi connectivity index (χ4v) is 6.30. The number of benzene rings is 2. The second-order valence-electron chi connectivity index (χ2n) is 10.3. The molecule has 10 heteroatoms. The van der Waals surface area contributed by atoms with Crippen molar-refractivity contribution in [2.24, 2.45) is 5.92 Å². The van der Waals surface area contributed by atoms with Crippen molar-refractivity contribution in [2.45, 2.75) is 43.5 Å². The molecule has 0 saturated carbocycles. The summed E-state index contributed by atoms with van der Waals surface area (Å²) < 4.78 is 30.2. The first-order valence-corrected chi connectivity index (χ1v) is 14.6. The summed E-state index contributed by atoms with van der Waals surface area (Å²) in [5, 5.41) is 4.68. The van der Waals surface area contributed by atoms with E-state index < -0.39 is 16.1 Å². The number of amides is 1. The van der Waals surface area contributed by atoms with Crippen LogP contribution in [0.4, 0.5) is 17.2 Å². The van der Waals surface area contributed by atoms with Gasteiger partial charge in [0, 0.05) is 50.2 Å². The van der Waals surface area contributed by atoms with Crippen LogP contribution in [-0.4, -0.2) is 64.0 Å². The van der Waals surface area contributed by atoms with Gasteiger partial charge in [0.15, 0.2) is 0 Å². The largest absolute Gasteiger partial charge is 0.397 e. The van der Waals surface area contributed by atoms with Gasteiger partial charge in [0.1, 0.15) is 11.9 Å². The van der Waals surface area contributed by atoms with Crippen LogP contribution in [0.25, 0.3) is 10.8 Å². The maximum Gasteiger partial charge on any atom is 0.241 e. The second kappa shape index (κ2) is 12.0. The van der Waals surface area contributed by atoms with Gasteiger partial charge in [0.2, 0.25) is 15.9 Å². The molecule has 0 radical (unpaired) electrons. The third-order valence-electron chi connectivity index (χ3n) is 7.08. The Bertz CT molecular complexity index is 1350. The minimum Gasteiger partial charge on any atom is -0.397 e. The Morgan fingerprint density at radius 3 is 2.50 bits per heavy atom. The number of fused-ring (bicyclic) bond motifs is 1. The van der Waals surface area contributed by atoms with Gasteiger partial charge in [-0.2, -0.15) is 4.72 Å². The number of carbonyl (C=O) groups is 1. The number of nitrogens with two attached hydrogens (primary N) is 1. The van der Waals surface area contributed by atoms with Crippen molar-refractivity contribution in [3.8, 4) is 0 Å². The predicted molar refractivity (Wildman–Crippen MR) is 154 cm³/mol. The molecule has 2 aromatic carbocycles. The van der Waals surface area contributed by atoms with E-state index in [9.17, 15) is 13.2 Å². The van der Waals surface area contributed by atoms with E-state index in [-0.39, 0.29) is 10.8 Å². The fourth-order valence-electron chi connectivity index (χ4n) is 4.85. The van der Waals surface area contributed by atoms with E-state index in [4.69, 9.17) is 5.73 Å². The Morgan fingerprint density at radius 2 is 1.82 bits per heavy atom. The number of sulfonamides is 1. The molecule has 1 aromatic heterocycles. The average Bonchev–Trinajstić information content (AvgIpc) is 2.90. The zero-order valence-electron chi connectivity index (χ0n) is 22.4. The van der Waals surface area contributed by atoms with E-state index in [2.05, 4.69) is 21.9 Å². The fraction of sp³-hybridized carbons (Fsp3) is 0.429. The molecule has 38 heavy (non-hydrogen) atoms. The Labute approximate surface area is 225 Å². The van der Waals surface area contributed by atoms with Crippen molar-refractivity contribution in [1.29, 1.82) is 0 Å². The summed E-state index contributed by atoms with van der Waals surface area (Å²) in [4.78, 5) is 21.7. The van der Waals surface area contributed by atoms with Gasteiger partial charge in [-0.1, -0.05) is 31.2 Å². The van der Waals surface area contributed by atoms with Crippen molar-refractivity contribution in [1.82, 2.24) is 14.6 Å². The van der Waals surface area contributed by atoms with Crippen molar-refractivity contribution in [2.75, 3.05) is 49.7 Å². The van der Waals surface area contributed by atoms with Crippen LogP contribution in [0.2, 0.25) is 0 Å². The monoisotopic (exact) mass is 538 g/mol. The lowest BCUT2D eigenvalue weighted by Crippen LogP contribution is -2.50. The molecule has 1 atom stereocenters. The zero-order chi connectivity index (χ0) is 27.3. The van der Waals surface area contributed by atoms with Crippen LogP contribution in [0.1, 0.15) is 32.6 Å². The molecule has 0 spiro atoms. The number of anilines is 3. The Morgan fingerprint density at radius 1 is 1.11 bits per heavy atom. The smallest absolute Gasteiger partial charge is 0.241 e. The van der Waals surface area contributed by atoms with Gasteiger partial charge in [-0.3, -0.25) is 4.79 Å². The Kier molecular flexibility index (Phi) is 8.73. The zero-order valence-corrected chi connectivity index (χ0v) is 23.2. The summed E-state index contributed by atoms with van der Waals surface area (Å²) in [6.45, 7) is 4.01. The molecule has 0 unspecified atom stereocenters. The summed E-state index contributed by atoms with van der Waals surface area (Å²) in [5.41, 5.74) is 7.21. The molecule has 1 aliphatic heterocycles. The maximum atomic E-state index is 13.7. The molecule has 2 heterocycles. The summed E-state index contributed by atoms with van der Waals surface area (Å²) >= 11 is 0. The summed E-state index contributed by atoms with van der Waals surface area (Å²) in [6.07, 6.45) is 4.36. The van der Waals surface area contributed by atoms with E-state index in [0.29, 0.717) is 55.3 Å². The SMILES string of the molecule is CC1CCN(C(=O)[C@H](CCCNc2ccc(N)cn2)NS(=O)(=O)c2cccc3c(N(C)C)cccc23)CC1. The highest BCUT2D eigenvalue weighted by molar-refractivity contribution is 7.89. The Balaban J connectivity index is 1.55. The molecule has 204 valence electrons. The summed E-state index contributed by atoms with van der Waals surface area (Å²) in [7, 11) is -0.126. The molecule has 1 saturated heterocycles. The third-order valence-corrected chi connectivity index (χ3v) is 8.61. The molecule has 0 bridgehead atoms. The topological polar surface area (TPSA) is 121 Å². The van der Waals surface area contributed by atoms with Crippen LogP contribution < -0.4 is 20.7 Å². The first-order chi connectivity index (χ1) is 18.2. The Hall–Kier alpha value is -3.37. The highest BCUT2D eigenvalue weighted by Crippen LogP contribution is 2.30. The number of rotatable bonds is 10. The molecule has 0 aliphatic carbocycles. The number of hydrogen-bond acceptors (Lipinski definition) is 7. The number of likely N-dealkylation sites (tertiary alicyclic amines) is 1. The second-order valence-corrected chi connectivity index (χ2v) is 11.9. The first-order valence-electron chi connectivity index (χ1n) is 13.1. The van der Waals surface area contributed by atoms with Crippen LogP contribution in [0.15, 0.2) is 59.6 Å². The van der Waals surface area contributed by atoms with Gasteiger partial charge in [-0.05, 0) is 55.9 Å². The van der Waals surface area contributed by atoms with Gasteiger partial charge in [0.25, 0.3) is 0 Å². The average molecular weight is 539 g/mol. The minimum atomic E-state index is -3.98. The lowest BCUT2D eigenvalue weighted by Gasteiger charge is -2.33. The molecule has 9 nitrogen and oxygen atoms in total. The quantitative estimate of drug-likeness (QED) is 0.337.